The zero-order valence-corrected chi connectivity index (χ0v) is 12.4. The SMILES string of the molecule is CCC(C)n1c(=O)n(CC)c(=O)c2c1[nH]c(=S)n2C. The second kappa shape index (κ2) is 4.80. The number of aryl methyl sites for hydroxylation is 1. The van der Waals surface area contributed by atoms with Crippen LogP contribution in [0.15, 0.2) is 9.59 Å². The summed E-state index contributed by atoms with van der Waals surface area (Å²) in [6.07, 6.45) is 0.798. The van der Waals surface area contributed by atoms with Gasteiger partial charge in [-0.3, -0.25) is 13.9 Å². The maximum absolute atomic E-state index is 12.4. The molecule has 0 fully saturated rings. The minimum atomic E-state index is -0.295. The molecule has 0 aliphatic carbocycles. The third kappa shape index (κ3) is 1.88. The first-order chi connectivity index (χ1) is 8.93. The van der Waals surface area contributed by atoms with Gasteiger partial charge in [0.05, 0.1) is 0 Å². The fraction of sp³-hybridized carbons (Fsp3) is 0.583. The van der Waals surface area contributed by atoms with Crippen molar-refractivity contribution in [3.63, 3.8) is 0 Å². The van der Waals surface area contributed by atoms with Crippen LogP contribution in [0.1, 0.15) is 33.2 Å². The highest BCUT2D eigenvalue weighted by Gasteiger charge is 2.18. The molecule has 1 atom stereocenters. The van der Waals surface area contributed by atoms with Gasteiger partial charge in [-0.1, -0.05) is 6.92 Å². The number of hydrogen-bond acceptors (Lipinski definition) is 3. The summed E-state index contributed by atoms with van der Waals surface area (Å²) in [6.45, 7) is 6.09. The van der Waals surface area contributed by atoms with E-state index in [1.807, 2.05) is 13.8 Å². The number of nitrogens with zero attached hydrogens (tertiary/aromatic N) is 3. The molecular formula is C12H18N4O2S. The molecule has 104 valence electrons. The van der Waals surface area contributed by atoms with Gasteiger partial charge in [-0.25, -0.2) is 4.79 Å². The Balaban J connectivity index is 3.11. The number of aromatic amines is 1. The molecule has 0 aliphatic heterocycles. The van der Waals surface area contributed by atoms with E-state index in [1.54, 1.807) is 23.1 Å². The Labute approximate surface area is 115 Å². The van der Waals surface area contributed by atoms with Crippen molar-refractivity contribution >= 4 is 23.4 Å². The Morgan fingerprint density at radius 3 is 2.47 bits per heavy atom. The van der Waals surface area contributed by atoms with E-state index in [4.69, 9.17) is 12.2 Å². The lowest BCUT2D eigenvalue weighted by Gasteiger charge is -2.16. The number of imidazole rings is 1. The molecule has 1 unspecified atom stereocenters. The Hall–Kier alpha value is -1.63. The van der Waals surface area contributed by atoms with Crippen molar-refractivity contribution in [1.29, 1.82) is 0 Å². The lowest BCUT2D eigenvalue weighted by Crippen LogP contribution is -2.41. The van der Waals surface area contributed by atoms with E-state index in [9.17, 15) is 9.59 Å². The van der Waals surface area contributed by atoms with Gasteiger partial charge in [0.1, 0.15) is 5.65 Å². The van der Waals surface area contributed by atoms with Gasteiger partial charge in [0.2, 0.25) is 0 Å². The monoisotopic (exact) mass is 282 g/mol. The summed E-state index contributed by atoms with van der Waals surface area (Å²) in [4.78, 5) is 27.7. The summed E-state index contributed by atoms with van der Waals surface area (Å²) in [5, 5.41) is 0. The molecular weight excluding hydrogens is 264 g/mol. The van der Waals surface area contributed by atoms with E-state index in [1.165, 1.54) is 4.57 Å². The third-order valence-electron chi connectivity index (χ3n) is 3.56. The lowest BCUT2D eigenvalue weighted by molar-refractivity contribution is 0.489. The van der Waals surface area contributed by atoms with Gasteiger partial charge in [-0.15, -0.1) is 0 Å². The predicted molar refractivity (Wildman–Crippen MR) is 77.3 cm³/mol. The Bertz CT molecular complexity index is 793. The van der Waals surface area contributed by atoms with Crippen LogP contribution < -0.4 is 11.2 Å². The molecule has 0 bridgehead atoms. The second-order valence-electron chi connectivity index (χ2n) is 4.65. The Kier molecular flexibility index (Phi) is 3.49. The molecule has 0 saturated carbocycles. The van der Waals surface area contributed by atoms with Crippen LogP contribution >= 0.6 is 12.2 Å². The van der Waals surface area contributed by atoms with Gasteiger partial charge in [-0.2, -0.15) is 0 Å². The van der Waals surface area contributed by atoms with Crippen LogP contribution in [0.3, 0.4) is 0 Å². The summed E-state index contributed by atoms with van der Waals surface area (Å²) < 4.78 is 4.93. The third-order valence-corrected chi connectivity index (χ3v) is 3.94. The highest BCUT2D eigenvalue weighted by molar-refractivity contribution is 7.71. The molecule has 2 rings (SSSR count). The number of aromatic nitrogens is 4. The van der Waals surface area contributed by atoms with E-state index < -0.39 is 0 Å². The summed E-state index contributed by atoms with van der Waals surface area (Å²) >= 11 is 5.16. The van der Waals surface area contributed by atoms with E-state index in [0.29, 0.717) is 22.5 Å². The average molecular weight is 282 g/mol. The highest BCUT2D eigenvalue weighted by atomic mass is 32.1. The Morgan fingerprint density at radius 1 is 1.32 bits per heavy atom. The van der Waals surface area contributed by atoms with Crippen molar-refractivity contribution in [3.8, 4) is 0 Å². The summed E-state index contributed by atoms with van der Waals surface area (Å²) in [6, 6.07) is 0.00134. The summed E-state index contributed by atoms with van der Waals surface area (Å²) in [7, 11) is 1.73. The molecule has 0 radical (unpaired) electrons. The first-order valence-corrected chi connectivity index (χ1v) is 6.78. The van der Waals surface area contributed by atoms with Crippen LogP contribution in [0.25, 0.3) is 11.2 Å². The zero-order valence-electron chi connectivity index (χ0n) is 11.6. The van der Waals surface area contributed by atoms with Gasteiger partial charge in [0, 0.05) is 19.6 Å². The minimum absolute atomic E-state index is 0.00134. The van der Waals surface area contributed by atoms with Crippen molar-refractivity contribution in [3.05, 3.63) is 25.6 Å². The molecule has 1 N–H and O–H groups in total. The van der Waals surface area contributed by atoms with Crippen LogP contribution in [0.5, 0.6) is 0 Å². The predicted octanol–water partition coefficient (Wildman–Crippen LogP) is 1.55. The van der Waals surface area contributed by atoms with Crippen molar-refractivity contribution in [2.75, 3.05) is 0 Å². The maximum Gasteiger partial charge on any atom is 0.332 e. The van der Waals surface area contributed by atoms with Crippen LogP contribution in [0, 0.1) is 4.77 Å². The molecule has 0 amide bonds. The standard InChI is InChI=1S/C12H18N4O2S/c1-5-7(3)16-9-8(14(4)11(19)13-9)10(17)15(6-2)12(16)18/h7H,5-6H2,1-4H3,(H,13,19). The second-order valence-corrected chi connectivity index (χ2v) is 5.03. The van der Waals surface area contributed by atoms with Crippen LogP contribution in [0.4, 0.5) is 0 Å². The molecule has 7 heteroatoms. The number of nitrogens with one attached hydrogen (secondary N) is 1. The lowest BCUT2D eigenvalue weighted by atomic mass is 10.2. The van der Waals surface area contributed by atoms with Crippen LogP contribution in [0.2, 0.25) is 0 Å². The molecule has 0 aliphatic rings. The van der Waals surface area contributed by atoms with Crippen LogP contribution in [-0.4, -0.2) is 18.7 Å². The van der Waals surface area contributed by atoms with Crippen molar-refractivity contribution in [2.24, 2.45) is 7.05 Å². The molecule has 0 aromatic carbocycles. The van der Waals surface area contributed by atoms with E-state index in [-0.39, 0.29) is 17.3 Å². The minimum Gasteiger partial charge on any atom is -0.316 e. The molecule has 19 heavy (non-hydrogen) atoms. The maximum atomic E-state index is 12.4. The molecule has 2 aromatic heterocycles. The molecule has 6 nitrogen and oxygen atoms in total. The molecule has 0 saturated heterocycles. The van der Waals surface area contributed by atoms with Gasteiger partial charge < -0.3 is 9.55 Å². The smallest absolute Gasteiger partial charge is 0.316 e. The quantitative estimate of drug-likeness (QED) is 0.869. The fourth-order valence-corrected chi connectivity index (χ4v) is 2.42. The fourth-order valence-electron chi connectivity index (χ4n) is 2.23. The van der Waals surface area contributed by atoms with Gasteiger partial charge in [0.25, 0.3) is 5.56 Å². The number of fused-ring (bicyclic) bond motifs is 1. The highest BCUT2D eigenvalue weighted by Crippen LogP contribution is 2.14. The normalized spacial score (nSPS) is 13.1. The van der Waals surface area contributed by atoms with E-state index in [0.717, 1.165) is 6.42 Å². The van der Waals surface area contributed by atoms with Gasteiger partial charge in [-0.05, 0) is 32.5 Å². The van der Waals surface area contributed by atoms with Crippen molar-refractivity contribution < 1.29 is 0 Å². The largest absolute Gasteiger partial charge is 0.332 e. The Morgan fingerprint density at radius 2 is 1.95 bits per heavy atom. The molecule has 2 aromatic rings. The van der Waals surface area contributed by atoms with E-state index >= 15 is 0 Å². The van der Waals surface area contributed by atoms with Gasteiger partial charge in [0.15, 0.2) is 10.3 Å². The van der Waals surface area contributed by atoms with E-state index in [2.05, 4.69) is 4.98 Å². The molecule has 0 spiro atoms. The topological polar surface area (TPSA) is 64.7 Å². The van der Waals surface area contributed by atoms with Crippen molar-refractivity contribution in [1.82, 2.24) is 18.7 Å². The first kappa shape index (κ1) is 13.8. The summed E-state index contributed by atoms with van der Waals surface area (Å²) in [5.74, 6) is 0. The van der Waals surface area contributed by atoms with Crippen LogP contribution in [-0.2, 0) is 13.6 Å². The number of hydrogen-bond donors (Lipinski definition) is 1. The first-order valence-electron chi connectivity index (χ1n) is 6.38. The zero-order chi connectivity index (χ0) is 14.3. The number of H-pyrrole nitrogens is 1. The molecule has 2 heterocycles. The summed E-state index contributed by atoms with van der Waals surface area (Å²) in [5.41, 5.74) is 0.386. The average Bonchev–Trinajstić information content (AvgIpc) is 2.66. The van der Waals surface area contributed by atoms with Crippen molar-refractivity contribution in [2.45, 2.75) is 39.8 Å². The number of rotatable bonds is 3. The van der Waals surface area contributed by atoms with Gasteiger partial charge >= 0.3 is 5.69 Å².